The van der Waals surface area contributed by atoms with Crippen LogP contribution in [0.2, 0.25) is 0 Å². The average Bonchev–Trinajstić information content (AvgIpc) is 2.36. The van der Waals surface area contributed by atoms with Gasteiger partial charge in [-0.25, -0.2) is 4.79 Å². The number of aliphatic carboxylic acids is 1. The van der Waals surface area contributed by atoms with Gasteiger partial charge in [-0.15, -0.1) is 0 Å². The van der Waals surface area contributed by atoms with Crippen molar-refractivity contribution < 1.29 is 19.7 Å². The molecule has 0 spiro atoms. The highest BCUT2D eigenvalue weighted by Crippen LogP contribution is 2.22. The van der Waals surface area contributed by atoms with Gasteiger partial charge in [-0.05, 0) is 26.2 Å². The number of carboxylic acid groups (broad SMARTS) is 1. The Morgan fingerprint density at radius 1 is 1.58 bits per heavy atom. The van der Waals surface area contributed by atoms with Crippen LogP contribution in [-0.4, -0.2) is 34.5 Å². The number of aliphatic hydroxyl groups excluding tert-OH is 1. The highest BCUT2D eigenvalue weighted by Gasteiger charge is 2.29. The van der Waals surface area contributed by atoms with Gasteiger partial charge in [0.2, 0.25) is 0 Å². The number of rotatable bonds is 3. The van der Waals surface area contributed by atoms with Crippen LogP contribution in [-0.2, 0) is 9.53 Å². The van der Waals surface area contributed by atoms with Crippen LogP contribution in [0, 0.1) is 0 Å². The second-order valence-electron chi connectivity index (χ2n) is 3.15. The van der Waals surface area contributed by atoms with Crippen LogP contribution in [0.25, 0.3) is 0 Å². The molecule has 0 radical (unpaired) electrons. The lowest BCUT2D eigenvalue weighted by Crippen LogP contribution is -2.31. The minimum absolute atomic E-state index is 0.281. The molecule has 1 aliphatic rings. The Hall–Kier alpha value is -0.610. The first kappa shape index (κ1) is 9.48. The van der Waals surface area contributed by atoms with E-state index in [1.807, 2.05) is 0 Å². The Balaban J connectivity index is 2.35. The van der Waals surface area contributed by atoms with Crippen molar-refractivity contribution in [3.05, 3.63) is 0 Å². The van der Waals surface area contributed by atoms with Crippen molar-refractivity contribution in [2.75, 3.05) is 0 Å². The molecule has 3 unspecified atom stereocenters. The smallest absolute Gasteiger partial charge is 0.332 e. The molecule has 0 amide bonds. The molecule has 0 aromatic heterocycles. The fourth-order valence-corrected chi connectivity index (χ4v) is 1.39. The number of carboxylic acids is 1. The summed E-state index contributed by atoms with van der Waals surface area (Å²) >= 11 is 0. The van der Waals surface area contributed by atoms with Gasteiger partial charge in [-0.3, -0.25) is 0 Å². The summed E-state index contributed by atoms with van der Waals surface area (Å²) in [4.78, 5) is 10.4. The van der Waals surface area contributed by atoms with Crippen molar-refractivity contribution in [3.63, 3.8) is 0 Å². The molecular weight excluding hydrogens is 160 g/mol. The van der Waals surface area contributed by atoms with E-state index in [2.05, 4.69) is 0 Å². The molecule has 3 atom stereocenters. The number of hydrogen-bond acceptors (Lipinski definition) is 3. The largest absolute Gasteiger partial charge is 0.479 e. The monoisotopic (exact) mass is 174 g/mol. The Morgan fingerprint density at radius 2 is 2.25 bits per heavy atom. The molecule has 70 valence electrons. The summed E-state index contributed by atoms with van der Waals surface area (Å²) in [5, 5.41) is 17.8. The topological polar surface area (TPSA) is 66.8 Å². The lowest BCUT2D eigenvalue weighted by molar-refractivity contribution is -0.155. The molecule has 0 bridgehead atoms. The maximum absolute atomic E-state index is 10.4. The predicted octanol–water partition coefficient (Wildman–Crippen LogP) is 0.389. The van der Waals surface area contributed by atoms with Crippen molar-refractivity contribution >= 4 is 5.97 Å². The maximum atomic E-state index is 10.4. The predicted molar refractivity (Wildman–Crippen MR) is 41.8 cm³/mol. The van der Waals surface area contributed by atoms with E-state index in [0.29, 0.717) is 0 Å². The molecule has 1 fully saturated rings. The fraction of sp³-hybridized carbons (Fsp3) is 0.875. The van der Waals surface area contributed by atoms with E-state index >= 15 is 0 Å². The first-order valence-corrected chi connectivity index (χ1v) is 4.17. The van der Waals surface area contributed by atoms with Crippen molar-refractivity contribution in [1.82, 2.24) is 0 Å². The summed E-state index contributed by atoms with van der Waals surface area (Å²) in [6, 6.07) is 0. The summed E-state index contributed by atoms with van der Waals surface area (Å²) in [6.07, 6.45) is 0.819. The highest BCUT2D eigenvalue weighted by molar-refractivity contribution is 5.71. The maximum Gasteiger partial charge on any atom is 0.332 e. The molecule has 1 rings (SSSR count). The van der Waals surface area contributed by atoms with Gasteiger partial charge in [0.15, 0.2) is 6.10 Å². The molecule has 12 heavy (non-hydrogen) atoms. The van der Waals surface area contributed by atoms with Gasteiger partial charge in [0.1, 0.15) is 0 Å². The average molecular weight is 174 g/mol. The van der Waals surface area contributed by atoms with E-state index in [1.165, 1.54) is 6.92 Å². The van der Waals surface area contributed by atoms with Crippen LogP contribution >= 0.6 is 0 Å². The first-order valence-electron chi connectivity index (χ1n) is 4.17. The Bertz CT molecular complexity index is 168. The summed E-state index contributed by atoms with van der Waals surface area (Å²) in [5.74, 6) is -0.978. The Labute approximate surface area is 71.2 Å². The lowest BCUT2D eigenvalue weighted by atomic mass is 10.2. The van der Waals surface area contributed by atoms with E-state index in [9.17, 15) is 9.90 Å². The zero-order chi connectivity index (χ0) is 9.14. The van der Waals surface area contributed by atoms with Crippen molar-refractivity contribution in [2.45, 2.75) is 44.5 Å². The molecule has 2 N–H and O–H groups in total. The summed E-state index contributed by atoms with van der Waals surface area (Å²) in [7, 11) is 0. The van der Waals surface area contributed by atoms with Crippen LogP contribution in [0.15, 0.2) is 0 Å². The molecule has 0 aromatic rings. The van der Waals surface area contributed by atoms with Gasteiger partial charge in [-0.1, -0.05) is 0 Å². The number of ether oxygens (including phenoxy) is 1. The Morgan fingerprint density at radius 3 is 2.67 bits per heavy atom. The molecule has 0 saturated heterocycles. The zero-order valence-corrected chi connectivity index (χ0v) is 7.06. The minimum Gasteiger partial charge on any atom is -0.479 e. The third-order valence-corrected chi connectivity index (χ3v) is 2.14. The minimum atomic E-state index is -0.978. The van der Waals surface area contributed by atoms with Crippen LogP contribution in [0.1, 0.15) is 26.2 Å². The first-order chi connectivity index (χ1) is 5.61. The van der Waals surface area contributed by atoms with E-state index in [0.717, 1.165) is 19.3 Å². The second-order valence-corrected chi connectivity index (χ2v) is 3.15. The normalized spacial score (nSPS) is 31.8. The van der Waals surface area contributed by atoms with Crippen LogP contribution in [0.3, 0.4) is 0 Å². The molecule has 0 heterocycles. The van der Waals surface area contributed by atoms with E-state index in [4.69, 9.17) is 9.84 Å². The van der Waals surface area contributed by atoms with Crippen molar-refractivity contribution in [1.29, 1.82) is 0 Å². The van der Waals surface area contributed by atoms with E-state index in [-0.39, 0.29) is 6.10 Å². The fourth-order valence-electron chi connectivity index (χ4n) is 1.39. The molecule has 0 aliphatic heterocycles. The summed E-state index contributed by atoms with van der Waals surface area (Å²) in [5.41, 5.74) is 0. The number of carbonyl (C=O) groups is 1. The van der Waals surface area contributed by atoms with E-state index < -0.39 is 18.2 Å². The van der Waals surface area contributed by atoms with E-state index in [1.54, 1.807) is 0 Å². The van der Waals surface area contributed by atoms with Gasteiger partial charge < -0.3 is 14.9 Å². The molecule has 1 saturated carbocycles. The molecule has 1 aliphatic carbocycles. The number of hydrogen-bond donors (Lipinski definition) is 2. The third-order valence-electron chi connectivity index (χ3n) is 2.14. The molecule has 0 aromatic carbocycles. The lowest BCUT2D eigenvalue weighted by Gasteiger charge is -2.18. The quantitative estimate of drug-likeness (QED) is 0.649. The summed E-state index contributed by atoms with van der Waals surface area (Å²) < 4.78 is 5.14. The molecular formula is C8H14O4. The standard InChI is InChI=1S/C8H14O4/c1-5(8(10)11)12-7-4-2-3-6(7)9/h5-7,9H,2-4H2,1H3,(H,10,11). The summed E-state index contributed by atoms with van der Waals surface area (Å²) in [6.45, 7) is 1.48. The third kappa shape index (κ3) is 2.19. The van der Waals surface area contributed by atoms with Gasteiger partial charge in [0.05, 0.1) is 12.2 Å². The molecule has 4 nitrogen and oxygen atoms in total. The highest BCUT2D eigenvalue weighted by atomic mass is 16.5. The van der Waals surface area contributed by atoms with Crippen LogP contribution < -0.4 is 0 Å². The van der Waals surface area contributed by atoms with Gasteiger partial charge >= 0.3 is 5.97 Å². The van der Waals surface area contributed by atoms with Crippen molar-refractivity contribution in [2.24, 2.45) is 0 Å². The number of aliphatic hydroxyl groups is 1. The van der Waals surface area contributed by atoms with Gasteiger partial charge in [0.25, 0.3) is 0 Å². The van der Waals surface area contributed by atoms with Gasteiger partial charge in [0, 0.05) is 0 Å². The Kier molecular flexibility index (Phi) is 3.05. The zero-order valence-electron chi connectivity index (χ0n) is 7.06. The van der Waals surface area contributed by atoms with Crippen LogP contribution in [0.5, 0.6) is 0 Å². The van der Waals surface area contributed by atoms with Crippen molar-refractivity contribution in [3.8, 4) is 0 Å². The SMILES string of the molecule is CC(OC1CCCC1O)C(=O)O. The second kappa shape index (κ2) is 3.87. The van der Waals surface area contributed by atoms with Gasteiger partial charge in [-0.2, -0.15) is 0 Å². The molecule has 4 heteroatoms. The van der Waals surface area contributed by atoms with Crippen LogP contribution in [0.4, 0.5) is 0 Å².